The largest absolute Gasteiger partial charge is 0.309 e. The van der Waals surface area contributed by atoms with Crippen LogP contribution in [0.1, 0.15) is 25.3 Å². The first-order valence-electron chi connectivity index (χ1n) is 10.4. The molecular formula is C23H19ClN6O2S. The minimum absolute atomic E-state index is 0.0790. The smallest absolute Gasteiger partial charge is 0.182 e. The number of fused-ring (bicyclic) bond motifs is 1. The number of benzene rings is 1. The third-order valence-electron chi connectivity index (χ3n) is 6.10. The predicted octanol–water partition coefficient (Wildman–Crippen LogP) is 4.09. The highest BCUT2D eigenvalue weighted by Crippen LogP contribution is 2.47. The van der Waals surface area contributed by atoms with Gasteiger partial charge in [0.1, 0.15) is 11.2 Å². The van der Waals surface area contributed by atoms with E-state index in [1.807, 2.05) is 24.3 Å². The molecule has 0 amide bonds. The van der Waals surface area contributed by atoms with Gasteiger partial charge in [-0.25, -0.2) is 13.4 Å². The van der Waals surface area contributed by atoms with E-state index >= 15 is 0 Å². The molecule has 0 unspecified atom stereocenters. The molecule has 0 bridgehead atoms. The molecule has 0 atom stereocenters. The molecule has 0 N–H and O–H groups in total. The normalized spacial score (nSPS) is 14.8. The van der Waals surface area contributed by atoms with Gasteiger partial charge in [0.15, 0.2) is 26.5 Å². The lowest BCUT2D eigenvalue weighted by Crippen LogP contribution is -2.09. The molecule has 3 heterocycles. The maximum absolute atomic E-state index is 13.0. The zero-order valence-corrected chi connectivity index (χ0v) is 19.5. The molecule has 3 aromatic heterocycles. The Balaban J connectivity index is 1.64. The van der Waals surface area contributed by atoms with Gasteiger partial charge in [0, 0.05) is 24.9 Å². The van der Waals surface area contributed by atoms with Gasteiger partial charge in [-0.05, 0) is 30.0 Å². The van der Waals surface area contributed by atoms with Gasteiger partial charge in [-0.2, -0.15) is 5.26 Å². The van der Waals surface area contributed by atoms with Crippen molar-refractivity contribution in [2.24, 2.45) is 7.05 Å². The summed E-state index contributed by atoms with van der Waals surface area (Å²) in [5.41, 5.74) is 3.32. The van der Waals surface area contributed by atoms with E-state index in [4.69, 9.17) is 11.6 Å². The number of imidazole rings is 1. The van der Waals surface area contributed by atoms with Crippen molar-refractivity contribution in [1.82, 2.24) is 24.7 Å². The Morgan fingerprint density at radius 2 is 1.88 bits per heavy atom. The lowest BCUT2D eigenvalue weighted by Gasteiger charge is -2.12. The van der Waals surface area contributed by atoms with Gasteiger partial charge in [0.05, 0.1) is 22.1 Å². The first-order valence-corrected chi connectivity index (χ1v) is 12.4. The van der Waals surface area contributed by atoms with Crippen LogP contribution < -0.4 is 0 Å². The molecule has 1 fully saturated rings. The molecule has 8 nitrogen and oxygen atoms in total. The number of aromatic nitrogens is 5. The van der Waals surface area contributed by atoms with E-state index in [1.54, 1.807) is 36.9 Å². The number of nitrogens with zero attached hydrogens (tertiary/aromatic N) is 6. The van der Waals surface area contributed by atoms with Crippen LogP contribution >= 0.6 is 11.6 Å². The maximum Gasteiger partial charge on any atom is 0.182 e. The predicted molar refractivity (Wildman–Crippen MR) is 124 cm³/mol. The number of hydrogen-bond donors (Lipinski definition) is 0. The fourth-order valence-electron chi connectivity index (χ4n) is 3.91. The second kappa shape index (κ2) is 7.61. The average molecular weight is 479 g/mol. The zero-order valence-electron chi connectivity index (χ0n) is 17.9. The van der Waals surface area contributed by atoms with Gasteiger partial charge < -0.3 is 4.57 Å². The number of hydrogen-bond acceptors (Lipinski definition) is 7. The molecule has 33 heavy (non-hydrogen) atoms. The quantitative estimate of drug-likeness (QED) is 0.424. The molecule has 1 saturated carbocycles. The number of sulfone groups is 1. The third kappa shape index (κ3) is 3.56. The average Bonchev–Trinajstić information content (AvgIpc) is 3.57. The molecule has 1 aliphatic rings. The third-order valence-corrected chi connectivity index (χ3v) is 8.03. The minimum atomic E-state index is -3.62. The zero-order chi connectivity index (χ0) is 23.4. The Morgan fingerprint density at radius 3 is 2.52 bits per heavy atom. The number of rotatable bonds is 5. The van der Waals surface area contributed by atoms with Crippen LogP contribution in [0.4, 0.5) is 0 Å². The lowest BCUT2D eigenvalue weighted by molar-refractivity contribution is 0.597. The lowest BCUT2D eigenvalue weighted by atomic mass is 9.95. The second-order valence-corrected chi connectivity index (χ2v) is 10.7. The second-order valence-electron chi connectivity index (χ2n) is 8.12. The molecule has 1 aliphatic carbocycles. The molecule has 166 valence electrons. The fourth-order valence-corrected chi connectivity index (χ4v) is 5.11. The van der Waals surface area contributed by atoms with Crippen LogP contribution in [-0.4, -0.2) is 38.9 Å². The Morgan fingerprint density at radius 1 is 1.15 bits per heavy atom. The van der Waals surface area contributed by atoms with Crippen molar-refractivity contribution in [2.75, 3.05) is 5.75 Å². The number of pyridine rings is 1. The molecule has 5 rings (SSSR count). The Bertz CT molecular complexity index is 1550. The van der Waals surface area contributed by atoms with Crippen molar-refractivity contribution >= 4 is 32.6 Å². The van der Waals surface area contributed by atoms with Crippen LogP contribution in [0.25, 0.3) is 33.8 Å². The minimum Gasteiger partial charge on any atom is -0.309 e. The molecule has 0 saturated heterocycles. The fraction of sp³-hybridized carbons (Fsp3) is 0.261. The summed E-state index contributed by atoms with van der Waals surface area (Å²) in [7, 11) is -1.89. The first kappa shape index (κ1) is 21.5. The Labute approximate surface area is 195 Å². The summed E-state index contributed by atoms with van der Waals surface area (Å²) in [5, 5.41) is 17.5. The van der Waals surface area contributed by atoms with E-state index in [-0.39, 0.29) is 26.9 Å². The molecule has 4 aromatic rings. The molecular weight excluding hydrogens is 460 g/mol. The number of nitriles is 1. The monoisotopic (exact) mass is 478 g/mol. The van der Waals surface area contributed by atoms with Crippen LogP contribution in [0, 0.1) is 11.3 Å². The van der Waals surface area contributed by atoms with E-state index < -0.39 is 9.84 Å². The summed E-state index contributed by atoms with van der Waals surface area (Å²) in [4.78, 5) is 9.15. The standard InChI is InChI=1S/C23H19ClN6O2S/c1-3-33(31,32)18-10-15(14-4-6-16(7-5-14)23(13-25)8-9-23)12-26-20(18)22-27-17-11-19(24)28-29-21(17)30(22)2/h4-7,10-12H,3,8-9H2,1-2H3. The van der Waals surface area contributed by atoms with E-state index in [2.05, 4.69) is 26.2 Å². The summed E-state index contributed by atoms with van der Waals surface area (Å²) < 4.78 is 27.7. The van der Waals surface area contributed by atoms with Crippen molar-refractivity contribution in [1.29, 1.82) is 5.26 Å². The highest BCUT2D eigenvalue weighted by molar-refractivity contribution is 7.91. The number of aryl methyl sites for hydroxylation is 1. The van der Waals surface area contributed by atoms with Crippen LogP contribution in [-0.2, 0) is 22.3 Å². The van der Waals surface area contributed by atoms with Gasteiger partial charge >= 0.3 is 0 Å². The van der Waals surface area contributed by atoms with E-state index in [9.17, 15) is 13.7 Å². The van der Waals surface area contributed by atoms with Crippen LogP contribution in [0.2, 0.25) is 5.15 Å². The van der Waals surface area contributed by atoms with Crippen LogP contribution in [0.5, 0.6) is 0 Å². The first-order chi connectivity index (χ1) is 15.8. The highest BCUT2D eigenvalue weighted by Gasteiger charge is 2.44. The molecule has 1 aromatic carbocycles. The van der Waals surface area contributed by atoms with Crippen molar-refractivity contribution in [3.05, 3.63) is 53.3 Å². The summed E-state index contributed by atoms with van der Waals surface area (Å²) in [5.74, 6) is 0.282. The van der Waals surface area contributed by atoms with Crippen LogP contribution in [0.15, 0.2) is 47.5 Å². The maximum atomic E-state index is 13.0. The van der Waals surface area contributed by atoms with Gasteiger partial charge in [0.25, 0.3) is 0 Å². The summed E-state index contributed by atoms with van der Waals surface area (Å²) >= 11 is 5.94. The Hall–Kier alpha value is -3.35. The van der Waals surface area contributed by atoms with E-state index in [1.165, 1.54) is 0 Å². The summed E-state index contributed by atoms with van der Waals surface area (Å²) in [6, 6.07) is 13.3. The molecule has 0 aliphatic heterocycles. The van der Waals surface area contributed by atoms with Crippen LogP contribution in [0.3, 0.4) is 0 Å². The SMILES string of the molecule is CCS(=O)(=O)c1cc(-c2ccc(C3(C#N)CC3)cc2)cnc1-c1nc2cc(Cl)nnc2n1C. The van der Waals surface area contributed by atoms with E-state index in [0.29, 0.717) is 22.6 Å². The molecule has 0 spiro atoms. The van der Waals surface area contributed by atoms with Crippen molar-refractivity contribution in [3.63, 3.8) is 0 Å². The van der Waals surface area contributed by atoms with Gasteiger partial charge in [0.2, 0.25) is 0 Å². The van der Waals surface area contributed by atoms with Crippen molar-refractivity contribution in [2.45, 2.75) is 30.1 Å². The summed E-state index contributed by atoms with van der Waals surface area (Å²) in [6.45, 7) is 1.59. The topological polar surface area (TPSA) is 114 Å². The van der Waals surface area contributed by atoms with Crippen molar-refractivity contribution in [3.8, 4) is 28.7 Å². The van der Waals surface area contributed by atoms with Gasteiger partial charge in [-0.3, -0.25) is 4.98 Å². The molecule has 10 heteroatoms. The van der Waals surface area contributed by atoms with Crippen molar-refractivity contribution < 1.29 is 8.42 Å². The van der Waals surface area contributed by atoms with E-state index in [0.717, 1.165) is 24.0 Å². The molecule has 0 radical (unpaired) electrons. The number of halogens is 1. The van der Waals surface area contributed by atoms with Gasteiger partial charge in [-0.1, -0.05) is 42.8 Å². The summed E-state index contributed by atoms with van der Waals surface area (Å²) in [6.07, 6.45) is 3.37. The van der Waals surface area contributed by atoms with Gasteiger partial charge in [-0.15, -0.1) is 10.2 Å². The highest BCUT2D eigenvalue weighted by atomic mass is 35.5. The Kier molecular flexibility index (Phi) is 4.96.